The Labute approximate surface area is 93.9 Å². The molecule has 2 N–H and O–H groups in total. The second-order valence-corrected chi connectivity index (χ2v) is 3.62. The van der Waals surface area contributed by atoms with Gasteiger partial charge in [0, 0.05) is 6.54 Å². The number of nitrogens with one attached hydrogen (secondary N) is 1. The first-order chi connectivity index (χ1) is 7.65. The summed E-state index contributed by atoms with van der Waals surface area (Å²) in [6.07, 6.45) is -0.127. The molecule has 0 aromatic carbocycles. The molecule has 1 fully saturated rings. The predicted molar refractivity (Wildman–Crippen MR) is 55.0 cm³/mol. The van der Waals surface area contributed by atoms with Crippen molar-refractivity contribution in [1.82, 2.24) is 5.32 Å². The first kappa shape index (κ1) is 12.9. The first-order valence-electron chi connectivity index (χ1n) is 5.35. The maximum Gasteiger partial charge on any atom is 0.308 e. The number of ether oxygens (including phenoxy) is 2. The molecule has 1 amide bonds. The highest BCUT2D eigenvalue weighted by molar-refractivity contribution is 5.81. The number of carbonyl (C=O) groups is 2. The topological polar surface area (TPSA) is 84.9 Å². The summed E-state index contributed by atoms with van der Waals surface area (Å²) in [7, 11) is 0. The minimum atomic E-state index is -0.899. The fourth-order valence-corrected chi connectivity index (χ4v) is 1.38. The van der Waals surface area contributed by atoms with E-state index in [1.54, 1.807) is 6.92 Å². The van der Waals surface area contributed by atoms with Crippen LogP contribution in [0.15, 0.2) is 0 Å². The summed E-state index contributed by atoms with van der Waals surface area (Å²) in [4.78, 5) is 22.2. The van der Waals surface area contributed by atoms with Crippen molar-refractivity contribution in [2.75, 3.05) is 26.4 Å². The lowest BCUT2D eigenvalue weighted by Gasteiger charge is -2.22. The third-order valence-corrected chi connectivity index (χ3v) is 2.47. The molecule has 0 aliphatic carbocycles. The van der Waals surface area contributed by atoms with E-state index >= 15 is 0 Å². The molecule has 1 saturated heterocycles. The lowest BCUT2D eigenvalue weighted by Crippen LogP contribution is -2.44. The number of amides is 1. The Hall–Kier alpha value is -1.14. The van der Waals surface area contributed by atoms with Crippen LogP contribution in [0, 0.1) is 5.92 Å². The smallest absolute Gasteiger partial charge is 0.308 e. The van der Waals surface area contributed by atoms with E-state index in [1.807, 2.05) is 0 Å². The van der Waals surface area contributed by atoms with E-state index in [9.17, 15) is 9.59 Å². The van der Waals surface area contributed by atoms with E-state index in [0.717, 1.165) is 0 Å². The van der Waals surface area contributed by atoms with Gasteiger partial charge in [0.25, 0.3) is 5.91 Å². The molecule has 92 valence electrons. The van der Waals surface area contributed by atoms with Crippen LogP contribution in [0.4, 0.5) is 0 Å². The van der Waals surface area contributed by atoms with Crippen LogP contribution in [-0.2, 0) is 19.1 Å². The zero-order valence-electron chi connectivity index (χ0n) is 9.27. The van der Waals surface area contributed by atoms with E-state index in [0.29, 0.717) is 19.6 Å². The number of carbonyl (C=O) groups excluding carboxylic acids is 1. The summed E-state index contributed by atoms with van der Waals surface area (Å²) in [5, 5.41) is 11.3. The lowest BCUT2D eigenvalue weighted by molar-refractivity contribution is -0.148. The molecule has 0 aromatic heterocycles. The van der Waals surface area contributed by atoms with Crippen molar-refractivity contribution in [3.63, 3.8) is 0 Å². The van der Waals surface area contributed by atoms with Gasteiger partial charge >= 0.3 is 5.97 Å². The third-order valence-electron chi connectivity index (χ3n) is 2.47. The molecule has 1 rings (SSSR count). The van der Waals surface area contributed by atoms with Gasteiger partial charge in [0.2, 0.25) is 0 Å². The van der Waals surface area contributed by atoms with Gasteiger partial charge in [-0.2, -0.15) is 0 Å². The van der Waals surface area contributed by atoms with Gasteiger partial charge in [-0.1, -0.05) is 6.92 Å². The molecule has 0 radical (unpaired) electrons. The Morgan fingerprint density at radius 3 is 2.75 bits per heavy atom. The molecule has 0 bridgehead atoms. The fraction of sp³-hybridized carbons (Fsp3) is 0.800. The molecule has 16 heavy (non-hydrogen) atoms. The number of carboxylic acid groups (broad SMARTS) is 1. The zero-order chi connectivity index (χ0) is 12.0. The molecule has 0 spiro atoms. The maximum absolute atomic E-state index is 11.5. The monoisotopic (exact) mass is 231 g/mol. The molecule has 1 aliphatic rings. The zero-order valence-corrected chi connectivity index (χ0v) is 9.27. The normalized spacial score (nSPS) is 22.4. The lowest BCUT2D eigenvalue weighted by atomic mass is 10.1. The molecule has 0 saturated carbocycles. The van der Waals surface area contributed by atoms with Crippen LogP contribution in [0.5, 0.6) is 0 Å². The van der Waals surface area contributed by atoms with Crippen LogP contribution in [0.1, 0.15) is 13.3 Å². The highest BCUT2D eigenvalue weighted by Gasteiger charge is 2.24. The molecule has 0 aromatic rings. The summed E-state index contributed by atoms with van der Waals surface area (Å²) in [6.45, 7) is 3.02. The van der Waals surface area contributed by atoms with Gasteiger partial charge in [0.15, 0.2) is 6.10 Å². The van der Waals surface area contributed by atoms with E-state index < -0.39 is 18.0 Å². The Kier molecular flexibility index (Phi) is 5.21. The Morgan fingerprint density at radius 2 is 2.25 bits per heavy atom. The quantitative estimate of drug-likeness (QED) is 0.674. The number of rotatable bonds is 5. The Balaban J connectivity index is 2.30. The predicted octanol–water partition coefficient (Wildman–Crippen LogP) is -0.371. The van der Waals surface area contributed by atoms with Crippen molar-refractivity contribution < 1.29 is 24.2 Å². The Bertz CT molecular complexity index is 250. The molecule has 1 heterocycles. The van der Waals surface area contributed by atoms with E-state index in [2.05, 4.69) is 5.32 Å². The first-order valence-corrected chi connectivity index (χ1v) is 5.35. The summed E-state index contributed by atoms with van der Waals surface area (Å²) >= 11 is 0. The van der Waals surface area contributed by atoms with E-state index in [1.165, 1.54) is 0 Å². The van der Waals surface area contributed by atoms with E-state index in [-0.39, 0.29) is 19.1 Å². The molecule has 2 atom stereocenters. The largest absolute Gasteiger partial charge is 0.481 e. The fourth-order valence-electron chi connectivity index (χ4n) is 1.38. The Morgan fingerprint density at radius 1 is 1.50 bits per heavy atom. The van der Waals surface area contributed by atoms with Gasteiger partial charge < -0.3 is 19.9 Å². The van der Waals surface area contributed by atoms with Gasteiger partial charge in [-0.15, -0.1) is 0 Å². The average molecular weight is 231 g/mol. The van der Waals surface area contributed by atoms with E-state index in [4.69, 9.17) is 14.6 Å². The van der Waals surface area contributed by atoms with Crippen molar-refractivity contribution in [2.45, 2.75) is 19.4 Å². The van der Waals surface area contributed by atoms with Crippen LogP contribution < -0.4 is 5.32 Å². The number of aliphatic carboxylic acids is 1. The van der Waals surface area contributed by atoms with Crippen LogP contribution >= 0.6 is 0 Å². The third kappa shape index (κ3) is 3.79. The van der Waals surface area contributed by atoms with Crippen LogP contribution in [0.3, 0.4) is 0 Å². The van der Waals surface area contributed by atoms with Gasteiger partial charge in [-0.05, 0) is 6.42 Å². The summed E-state index contributed by atoms with van der Waals surface area (Å²) in [5.74, 6) is -1.75. The number of carboxylic acids is 1. The molecular formula is C10H17NO5. The molecule has 2 unspecified atom stereocenters. The summed E-state index contributed by atoms with van der Waals surface area (Å²) in [5.41, 5.74) is 0. The molecule has 6 nitrogen and oxygen atoms in total. The summed E-state index contributed by atoms with van der Waals surface area (Å²) in [6, 6.07) is 0. The van der Waals surface area contributed by atoms with Gasteiger partial charge in [0.1, 0.15) is 0 Å². The van der Waals surface area contributed by atoms with Crippen molar-refractivity contribution in [3.8, 4) is 0 Å². The molecule has 1 aliphatic heterocycles. The maximum atomic E-state index is 11.5. The average Bonchev–Trinajstić information content (AvgIpc) is 2.30. The SMILES string of the molecule is CCC(CNC(=O)C1COCCO1)C(=O)O. The summed E-state index contributed by atoms with van der Waals surface area (Å²) < 4.78 is 10.3. The molecular weight excluding hydrogens is 214 g/mol. The highest BCUT2D eigenvalue weighted by atomic mass is 16.6. The number of hydrogen-bond acceptors (Lipinski definition) is 4. The van der Waals surface area contributed by atoms with Crippen LogP contribution in [0.2, 0.25) is 0 Å². The van der Waals surface area contributed by atoms with Crippen LogP contribution in [-0.4, -0.2) is 49.5 Å². The van der Waals surface area contributed by atoms with Crippen molar-refractivity contribution in [2.24, 2.45) is 5.92 Å². The second-order valence-electron chi connectivity index (χ2n) is 3.62. The number of hydrogen-bond donors (Lipinski definition) is 2. The second kappa shape index (κ2) is 6.44. The molecule has 6 heteroatoms. The van der Waals surface area contributed by atoms with Crippen molar-refractivity contribution in [3.05, 3.63) is 0 Å². The minimum Gasteiger partial charge on any atom is -0.481 e. The highest BCUT2D eigenvalue weighted by Crippen LogP contribution is 2.03. The van der Waals surface area contributed by atoms with Gasteiger partial charge in [-0.25, -0.2) is 0 Å². The van der Waals surface area contributed by atoms with Crippen molar-refractivity contribution in [1.29, 1.82) is 0 Å². The van der Waals surface area contributed by atoms with Gasteiger partial charge in [-0.3, -0.25) is 9.59 Å². The minimum absolute atomic E-state index is 0.129. The van der Waals surface area contributed by atoms with Gasteiger partial charge in [0.05, 0.1) is 25.7 Å². The standard InChI is InChI=1S/C10H17NO5/c1-2-7(10(13)14)5-11-9(12)8-6-15-3-4-16-8/h7-8H,2-6H2,1H3,(H,11,12)(H,13,14). The van der Waals surface area contributed by atoms with Crippen LogP contribution in [0.25, 0.3) is 0 Å². The van der Waals surface area contributed by atoms with Crippen molar-refractivity contribution >= 4 is 11.9 Å².